The second kappa shape index (κ2) is 8.35. The van der Waals surface area contributed by atoms with E-state index in [1.54, 1.807) is 18.4 Å². The number of hydrogen-bond acceptors (Lipinski definition) is 5. The van der Waals surface area contributed by atoms with Crippen molar-refractivity contribution in [2.45, 2.75) is 19.8 Å². The largest absolute Gasteiger partial charge is 0.464 e. The highest BCUT2D eigenvalue weighted by Crippen LogP contribution is 2.23. The molecule has 27 heavy (non-hydrogen) atoms. The molecule has 1 amide bonds. The molecular weight excluding hydrogens is 346 g/mol. The van der Waals surface area contributed by atoms with Crippen molar-refractivity contribution in [3.63, 3.8) is 0 Å². The van der Waals surface area contributed by atoms with Gasteiger partial charge in [-0.25, -0.2) is 0 Å². The second-order valence-electron chi connectivity index (χ2n) is 6.20. The van der Waals surface area contributed by atoms with Gasteiger partial charge in [0.05, 0.1) is 17.6 Å². The summed E-state index contributed by atoms with van der Waals surface area (Å²) in [5.74, 6) is -0.0808. The van der Waals surface area contributed by atoms with Crippen molar-refractivity contribution in [1.29, 1.82) is 0 Å². The number of aryl methyl sites for hydroxylation is 1. The second-order valence-corrected chi connectivity index (χ2v) is 6.20. The molecule has 0 spiro atoms. The lowest BCUT2D eigenvalue weighted by molar-refractivity contribution is -0.384. The maximum atomic E-state index is 12.2. The van der Waals surface area contributed by atoms with Gasteiger partial charge in [0.15, 0.2) is 0 Å². The molecule has 0 fully saturated rings. The van der Waals surface area contributed by atoms with Crippen molar-refractivity contribution in [2.75, 3.05) is 18.4 Å². The zero-order chi connectivity index (χ0) is 19.2. The zero-order valence-electron chi connectivity index (χ0n) is 15.0. The molecule has 0 aliphatic carbocycles. The Labute approximate surface area is 156 Å². The fraction of sp³-hybridized carbons (Fsp3) is 0.250. The van der Waals surface area contributed by atoms with Crippen LogP contribution in [0.4, 0.5) is 11.4 Å². The Morgan fingerprint density at radius 3 is 2.63 bits per heavy atom. The van der Waals surface area contributed by atoms with Gasteiger partial charge >= 0.3 is 0 Å². The number of benzene rings is 2. The Kier molecular flexibility index (Phi) is 5.71. The number of non-ortho nitro benzene ring substituents is 1. The summed E-state index contributed by atoms with van der Waals surface area (Å²) in [6.45, 7) is 3.06. The minimum Gasteiger partial charge on any atom is -0.464 e. The van der Waals surface area contributed by atoms with Gasteiger partial charge in [-0.15, -0.1) is 0 Å². The van der Waals surface area contributed by atoms with Gasteiger partial charge in [0.25, 0.3) is 5.69 Å². The fourth-order valence-corrected chi connectivity index (χ4v) is 2.83. The van der Waals surface area contributed by atoms with E-state index in [1.165, 1.54) is 17.7 Å². The van der Waals surface area contributed by atoms with E-state index in [0.29, 0.717) is 13.1 Å². The van der Waals surface area contributed by atoms with Crippen LogP contribution in [0.1, 0.15) is 18.1 Å². The molecule has 0 bridgehead atoms. The fourth-order valence-electron chi connectivity index (χ4n) is 2.83. The van der Waals surface area contributed by atoms with Crippen LogP contribution in [-0.2, 0) is 17.6 Å². The number of nitrogens with zero attached hydrogens (tertiary/aromatic N) is 1. The molecule has 3 rings (SSSR count). The van der Waals surface area contributed by atoms with Gasteiger partial charge in [-0.1, -0.05) is 19.1 Å². The molecule has 0 radical (unpaired) electrons. The van der Waals surface area contributed by atoms with Crippen molar-refractivity contribution < 1.29 is 14.1 Å². The molecule has 140 valence electrons. The smallest absolute Gasteiger partial charge is 0.269 e. The molecule has 1 heterocycles. The van der Waals surface area contributed by atoms with Crippen LogP contribution in [0.2, 0.25) is 0 Å². The van der Waals surface area contributed by atoms with E-state index in [4.69, 9.17) is 4.42 Å². The molecule has 0 unspecified atom stereocenters. The third kappa shape index (κ3) is 4.63. The number of fused-ring (bicyclic) bond motifs is 1. The average molecular weight is 367 g/mol. The summed E-state index contributed by atoms with van der Waals surface area (Å²) in [7, 11) is 0. The van der Waals surface area contributed by atoms with Crippen LogP contribution in [0.15, 0.2) is 53.1 Å². The number of carbonyl (C=O) groups is 1. The predicted octanol–water partition coefficient (Wildman–Crippen LogP) is 3.67. The minimum absolute atomic E-state index is 0.0484. The normalized spacial score (nSPS) is 10.7. The molecule has 0 aliphatic rings. The van der Waals surface area contributed by atoms with Crippen molar-refractivity contribution in [3.8, 4) is 0 Å². The quantitative estimate of drug-likeness (QED) is 0.360. The van der Waals surface area contributed by atoms with Crippen LogP contribution in [0.25, 0.3) is 11.0 Å². The van der Waals surface area contributed by atoms with Gasteiger partial charge in [0, 0.05) is 41.9 Å². The van der Waals surface area contributed by atoms with E-state index in [1.807, 2.05) is 18.2 Å². The van der Waals surface area contributed by atoms with Crippen molar-refractivity contribution in [2.24, 2.45) is 0 Å². The van der Waals surface area contributed by atoms with Gasteiger partial charge in [-0.2, -0.15) is 0 Å². The first-order valence-electron chi connectivity index (χ1n) is 8.81. The number of furan rings is 1. The predicted molar refractivity (Wildman–Crippen MR) is 104 cm³/mol. The molecule has 0 saturated heterocycles. The highest BCUT2D eigenvalue weighted by molar-refractivity contribution is 5.87. The minimum atomic E-state index is -0.438. The average Bonchev–Trinajstić information content (AvgIpc) is 3.07. The summed E-state index contributed by atoms with van der Waals surface area (Å²) in [5, 5.41) is 17.6. The first-order chi connectivity index (χ1) is 13.1. The van der Waals surface area contributed by atoms with Gasteiger partial charge < -0.3 is 15.1 Å². The number of hydrogen-bond donors (Lipinski definition) is 2. The number of amides is 1. The number of nitro groups is 1. The molecular formula is C20H21N3O4. The number of nitrogens with one attached hydrogen (secondary N) is 2. The van der Waals surface area contributed by atoms with E-state index in [0.717, 1.165) is 28.6 Å². The summed E-state index contributed by atoms with van der Waals surface area (Å²) in [4.78, 5) is 22.3. The number of rotatable bonds is 8. The highest BCUT2D eigenvalue weighted by Gasteiger charge is 2.10. The molecule has 2 aromatic carbocycles. The number of nitro benzene ring substituents is 1. The first-order valence-corrected chi connectivity index (χ1v) is 8.81. The lowest BCUT2D eigenvalue weighted by Crippen LogP contribution is -2.29. The van der Waals surface area contributed by atoms with Gasteiger partial charge in [0.1, 0.15) is 5.58 Å². The van der Waals surface area contributed by atoms with Crippen molar-refractivity contribution >= 4 is 28.3 Å². The van der Waals surface area contributed by atoms with Crippen LogP contribution in [0.5, 0.6) is 0 Å². The third-order valence-corrected chi connectivity index (χ3v) is 4.33. The van der Waals surface area contributed by atoms with E-state index in [2.05, 4.69) is 17.6 Å². The third-order valence-electron chi connectivity index (χ3n) is 4.33. The molecule has 0 saturated carbocycles. The Bertz CT molecular complexity index is 948. The van der Waals surface area contributed by atoms with Crippen LogP contribution < -0.4 is 10.6 Å². The van der Waals surface area contributed by atoms with Crippen molar-refractivity contribution in [1.82, 2.24) is 5.32 Å². The van der Waals surface area contributed by atoms with Crippen molar-refractivity contribution in [3.05, 3.63) is 70.0 Å². The summed E-state index contributed by atoms with van der Waals surface area (Å²) < 4.78 is 5.56. The highest BCUT2D eigenvalue weighted by atomic mass is 16.6. The summed E-state index contributed by atoms with van der Waals surface area (Å²) in [6.07, 6.45) is 2.84. The maximum Gasteiger partial charge on any atom is 0.269 e. The molecule has 0 aliphatic heterocycles. The monoisotopic (exact) mass is 367 g/mol. The van der Waals surface area contributed by atoms with E-state index < -0.39 is 4.92 Å². The zero-order valence-corrected chi connectivity index (χ0v) is 15.0. The summed E-state index contributed by atoms with van der Waals surface area (Å²) >= 11 is 0. The number of carbonyl (C=O) groups excluding carboxylic acids is 1. The standard InChI is InChI=1S/C20H21N3O4/c1-2-14-3-8-18-15(13-27-19(18)11-14)12-20(24)22-10-9-21-16-4-6-17(7-5-16)23(25)26/h3-8,11,13,21H,2,9-10,12H2,1H3,(H,22,24). The maximum absolute atomic E-state index is 12.2. The summed E-state index contributed by atoms with van der Waals surface area (Å²) in [6, 6.07) is 12.2. The van der Waals surface area contributed by atoms with E-state index in [9.17, 15) is 14.9 Å². The van der Waals surface area contributed by atoms with Gasteiger partial charge in [-0.05, 0) is 30.2 Å². The van der Waals surface area contributed by atoms with Gasteiger partial charge in [-0.3, -0.25) is 14.9 Å². The lowest BCUT2D eigenvalue weighted by atomic mass is 10.1. The van der Waals surface area contributed by atoms with Crippen LogP contribution in [-0.4, -0.2) is 23.9 Å². The molecule has 7 heteroatoms. The van der Waals surface area contributed by atoms with E-state index in [-0.39, 0.29) is 18.0 Å². The Morgan fingerprint density at radius 1 is 1.15 bits per heavy atom. The molecule has 2 N–H and O–H groups in total. The molecule has 0 atom stereocenters. The molecule has 3 aromatic rings. The first kappa shape index (κ1) is 18.4. The summed E-state index contributed by atoms with van der Waals surface area (Å²) in [5.41, 5.74) is 3.69. The molecule has 7 nitrogen and oxygen atoms in total. The van der Waals surface area contributed by atoms with Gasteiger partial charge in [0.2, 0.25) is 5.91 Å². The van der Waals surface area contributed by atoms with Crippen LogP contribution in [0, 0.1) is 10.1 Å². The van der Waals surface area contributed by atoms with Crippen LogP contribution >= 0.6 is 0 Å². The number of anilines is 1. The van der Waals surface area contributed by atoms with E-state index >= 15 is 0 Å². The SMILES string of the molecule is CCc1ccc2c(CC(=O)NCCNc3ccc([N+](=O)[O-])cc3)coc2c1. The Balaban J connectivity index is 1.46. The lowest BCUT2D eigenvalue weighted by Gasteiger charge is -2.07. The Hall–Kier alpha value is -3.35. The van der Waals surface area contributed by atoms with Crippen LogP contribution in [0.3, 0.4) is 0 Å². The topological polar surface area (TPSA) is 97.4 Å². The Morgan fingerprint density at radius 2 is 1.93 bits per heavy atom. The molecule has 1 aromatic heterocycles.